The maximum Gasteiger partial charge on any atom is 0.164 e. The summed E-state index contributed by atoms with van der Waals surface area (Å²) >= 11 is 0. The van der Waals surface area contributed by atoms with Crippen LogP contribution in [0.25, 0.3) is 0 Å². The van der Waals surface area contributed by atoms with Gasteiger partial charge in [0.25, 0.3) is 0 Å². The Morgan fingerprint density at radius 1 is 1.53 bits per heavy atom. The van der Waals surface area contributed by atoms with E-state index in [4.69, 9.17) is 0 Å². The van der Waals surface area contributed by atoms with E-state index < -0.39 is 0 Å². The lowest BCUT2D eigenvalue weighted by Crippen LogP contribution is -2.44. The fourth-order valence-corrected chi connectivity index (χ4v) is 2.27. The molecular formula is C14H18N4O. The smallest absolute Gasteiger partial charge is 0.164 e. The van der Waals surface area contributed by atoms with Gasteiger partial charge in [-0.2, -0.15) is 5.26 Å². The number of Topliss-reactive ketones (excluding diaryl/α,β-unsaturated/α-hetero) is 1. The van der Waals surface area contributed by atoms with Crippen LogP contribution in [0.4, 0.5) is 5.82 Å². The molecule has 1 aromatic rings. The lowest BCUT2D eigenvalue weighted by molar-refractivity contribution is 0.0981. The molecule has 2 rings (SSSR count). The highest BCUT2D eigenvalue weighted by Crippen LogP contribution is 2.22. The zero-order chi connectivity index (χ0) is 13.7. The van der Waals surface area contributed by atoms with Crippen molar-refractivity contribution in [3.63, 3.8) is 0 Å². The van der Waals surface area contributed by atoms with Crippen molar-refractivity contribution in [2.75, 3.05) is 31.1 Å². The molecule has 1 saturated heterocycles. The summed E-state index contributed by atoms with van der Waals surface area (Å²) in [6.07, 6.45) is 2.88. The largest absolute Gasteiger partial charge is 0.353 e. The van der Waals surface area contributed by atoms with E-state index in [1.165, 1.54) is 0 Å². The molecule has 1 aliphatic heterocycles. The molecule has 5 nitrogen and oxygen atoms in total. The molecule has 0 amide bonds. The van der Waals surface area contributed by atoms with Crippen LogP contribution in [0.1, 0.15) is 35.7 Å². The van der Waals surface area contributed by atoms with Gasteiger partial charge in [-0.3, -0.25) is 4.79 Å². The van der Waals surface area contributed by atoms with Crippen molar-refractivity contribution in [2.24, 2.45) is 0 Å². The standard InChI is InChI=1S/C14H18N4O/c1-2-3-13(19)11-4-5-17-14(12(11)10-15)18-8-6-16-7-9-18/h4-5,16H,2-3,6-9H2,1H3. The molecule has 5 heteroatoms. The summed E-state index contributed by atoms with van der Waals surface area (Å²) in [6.45, 7) is 5.34. The summed E-state index contributed by atoms with van der Waals surface area (Å²) in [4.78, 5) is 18.4. The minimum atomic E-state index is 0.0258. The van der Waals surface area contributed by atoms with E-state index in [1.807, 2.05) is 6.92 Å². The highest BCUT2D eigenvalue weighted by atomic mass is 16.1. The van der Waals surface area contributed by atoms with Gasteiger partial charge in [0.15, 0.2) is 5.78 Å². The van der Waals surface area contributed by atoms with E-state index in [0.29, 0.717) is 23.4 Å². The molecule has 0 saturated carbocycles. The van der Waals surface area contributed by atoms with Crippen molar-refractivity contribution in [1.82, 2.24) is 10.3 Å². The Bertz CT molecular complexity index is 501. The van der Waals surface area contributed by atoms with Crippen LogP contribution in [-0.2, 0) is 0 Å². The van der Waals surface area contributed by atoms with Gasteiger partial charge in [0.2, 0.25) is 0 Å². The second kappa shape index (κ2) is 6.30. The number of anilines is 1. The van der Waals surface area contributed by atoms with Crippen molar-refractivity contribution in [1.29, 1.82) is 5.26 Å². The van der Waals surface area contributed by atoms with E-state index in [0.717, 1.165) is 32.6 Å². The third kappa shape index (κ3) is 2.91. The number of hydrogen-bond donors (Lipinski definition) is 1. The number of nitrogens with one attached hydrogen (secondary N) is 1. The zero-order valence-corrected chi connectivity index (χ0v) is 11.1. The van der Waals surface area contributed by atoms with Crippen LogP contribution in [0.3, 0.4) is 0 Å². The van der Waals surface area contributed by atoms with Crippen LogP contribution < -0.4 is 10.2 Å². The Morgan fingerprint density at radius 2 is 2.26 bits per heavy atom. The predicted octanol–water partition coefficient (Wildman–Crippen LogP) is 1.35. The van der Waals surface area contributed by atoms with Gasteiger partial charge in [-0.05, 0) is 12.5 Å². The summed E-state index contributed by atoms with van der Waals surface area (Å²) in [7, 11) is 0. The van der Waals surface area contributed by atoms with Crippen molar-refractivity contribution in [3.05, 3.63) is 23.4 Å². The third-order valence-electron chi connectivity index (χ3n) is 3.24. The second-order valence-corrected chi connectivity index (χ2v) is 4.58. The zero-order valence-electron chi connectivity index (χ0n) is 11.1. The summed E-state index contributed by atoms with van der Waals surface area (Å²) < 4.78 is 0. The molecule has 1 aromatic heterocycles. The first-order valence-corrected chi connectivity index (χ1v) is 6.66. The molecule has 0 aliphatic carbocycles. The number of piperazine rings is 1. The molecule has 2 heterocycles. The first kappa shape index (κ1) is 13.5. The van der Waals surface area contributed by atoms with E-state index in [-0.39, 0.29) is 5.78 Å². The fourth-order valence-electron chi connectivity index (χ4n) is 2.27. The van der Waals surface area contributed by atoms with Gasteiger partial charge in [-0.25, -0.2) is 4.98 Å². The Hall–Kier alpha value is -1.93. The molecular weight excluding hydrogens is 240 g/mol. The average Bonchev–Trinajstić information content (AvgIpc) is 2.47. The Balaban J connectivity index is 2.36. The fraction of sp³-hybridized carbons (Fsp3) is 0.500. The van der Waals surface area contributed by atoms with Gasteiger partial charge in [-0.15, -0.1) is 0 Å². The van der Waals surface area contributed by atoms with Crippen LogP contribution in [0.5, 0.6) is 0 Å². The summed E-state index contributed by atoms with van der Waals surface area (Å²) in [5.41, 5.74) is 0.927. The van der Waals surface area contributed by atoms with Crippen molar-refractivity contribution in [2.45, 2.75) is 19.8 Å². The first-order valence-electron chi connectivity index (χ1n) is 6.66. The lowest BCUT2D eigenvalue weighted by Gasteiger charge is -2.29. The number of hydrogen-bond acceptors (Lipinski definition) is 5. The molecule has 1 aliphatic rings. The highest BCUT2D eigenvalue weighted by molar-refractivity contribution is 5.99. The normalized spacial score (nSPS) is 15.1. The molecule has 0 atom stereocenters. The van der Waals surface area contributed by atoms with Crippen LogP contribution in [0.2, 0.25) is 0 Å². The monoisotopic (exact) mass is 258 g/mol. The number of aromatic nitrogens is 1. The summed E-state index contributed by atoms with van der Waals surface area (Å²) in [5.74, 6) is 0.670. The molecule has 100 valence electrons. The minimum Gasteiger partial charge on any atom is -0.353 e. The number of carbonyl (C=O) groups excluding carboxylic acids is 1. The lowest BCUT2D eigenvalue weighted by atomic mass is 10.0. The van der Waals surface area contributed by atoms with Gasteiger partial charge < -0.3 is 10.2 Å². The van der Waals surface area contributed by atoms with Gasteiger partial charge >= 0.3 is 0 Å². The van der Waals surface area contributed by atoms with E-state index in [2.05, 4.69) is 21.3 Å². The first-order chi connectivity index (χ1) is 9.27. The van der Waals surface area contributed by atoms with Crippen molar-refractivity contribution < 1.29 is 4.79 Å². The minimum absolute atomic E-state index is 0.0258. The highest BCUT2D eigenvalue weighted by Gasteiger charge is 2.20. The van der Waals surface area contributed by atoms with Crippen LogP contribution >= 0.6 is 0 Å². The van der Waals surface area contributed by atoms with Gasteiger partial charge in [0, 0.05) is 44.4 Å². The van der Waals surface area contributed by atoms with Gasteiger partial charge in [-0.1, -0.05) is 6.92 Å². The number of rotatable bonds is 4. The van der Waals surface area contributed by atoms with Gasteiger partial charge in [0.1, 0.15) is 17.5 Å². The number of nitrogens with zero attached hydrogens (tertiary/aromatic N) is 3. The third-order valence-corrected chi connectivity index (χ3v) is 3.24. The Kier molecular flexibility index (Phi) is 4.48. The van der Waals surface area contributed by atoms with Crippen molar-refractivity contribution >= 4 is 11.6 Å². The summed E-state index contributed by atoms with van der Waals surface area (Å²) in [5, 5.41) is 12.6. The topological polar surface area (TPSA) is 69.0 Å². The Morgan fingerprint density at radius 3 is 2.89 bits per heavy atom. The SMILES string of the molecule is CCCC(=O)c1ccnc(N2CCNCC2)c1C#N. The number of carbonyl (C=O) groups is 1. The average molecular weight is 258 g/mol. The molecule has 0 aromatic carbocycles. The quantitative estimate of drug-likeness (QED) is 0.825. The number of ketones is 1. The molecule has 0 spiro atoms. The molecule has 0 bridgehead atoms. The van der Waals surface area contributed by atoms with E-state index in [9.17, 15) is 10.1 Å². The molecule has 1 N–H and O–H groups in total. The Labute approximate surface area is 113 Å². The molecule has 0 radical (unpaired) electrons. The van der Waals surface area contributed by atoms with Crippen molar-refractivity contribution in [3.8, 4) is 6.07 Å². The maximum atomic E-state index is 12.0. The molecule has 0 unspecified atom stereocenters. The molecule has 1 fully saturated rings. The van der Waals surface area contributed by atoms with E-state index >= 15 is 0 Å². The summed E-state index contributed by atoms with van der Waals surface area (Å²) in [6, 6.07) is 3.81. The van der Waals surface area contributed by atoms with Crippen LogP contribution in [0, 0.1) is 11.3 Å². The van der Waals surface area contributed by atoms with Gasteiger partial charge in [0.05, 0.1) is 0 Å². The van der Waals surface area contributed by atoms with E-state index in [1.54, 1.807) is 12.3 Å². The number of pyridine rings is 1. The second-order valence-electron chi connectivity index (χ2n) is 4.58. The maximum absolute atomic E-state index is 12.0. The van der Waals surface area contributed by atoms with Crippen LogP contribution in [-0.4, -0.2) is 36.9 Å². The molecule has 19 heavy (non-hydrogen) atoms. The van der Waals surface area contributed by atoms with Crippen LogP contribution in [0.15, 0.2) is 12.3 Å². The number of nitriles is 1. The predicted molar refractivity (Wildman–Crippen MR) is 73.3 cm³/mol.